The number of anilines is 1. The van der Waals surface area contributed by atoms with E-state index in [-0.39, 0.29) is 24.8 Å². The van der Waals surface area contributed by atoms with Gasteiger partial charge in [0.1, 0.15) is 5.82 Å². The number of nitrogens with zero attached hydrogens (tertiary/aromatic N) is 4. The molecule has 6 nitrogen and oxygen atoms in total. The number of rotatable bonds is 4. The fourth-order valence-corrected chi connectivity index (χ4v) is 3.94. The summed E-state index contributed by atoms with van der Waals surface area (Å²) in [6, 6.07) is 0. The van der Waals surface area contributed by atoms with E-state index in [1.54, 1.807) is 0 Å². The number of carbonyl (C=O) groups excluding carboxylic acids is 1. The lowest BCUT2D eigenvalue weighted by Crippen LogP contribution is -2.35. The Morgan fingerprint density at radius 2 is 2.12 bits per heavy atom. The first kappa shape index (κ1) is 21.4. The number of amides is 1. The zero-order valence-corrected chi connectivity index (χ0v) is 16.5. The summed E-state index contributed by atoms with van der Waals surface area (Å²) in [6.45, 7) is 7.62. The largest absolute Gasteiger partial charge is 0.345 e. The van der Waals surface area contributed by atoms with Gasteiger partial charge in [0.2, 0.25) is 11.0 Å². The van der Waals surface area contributed by atoms with Crippen LogP contribution < -0.4 is 10.2 Å². The molecular weight excluding hydrogens is 369 g/mol. The Hall–Kier alpha value is -0.630. The molecule has 1 aromatic heterocycles. The van der Waals surface area contributed by atoms with Crippen molar-refractivity contribution in [3.05, 3.63) is 5.82 Å². The Bertz CT molecular complexity index is 510. The van der Waals surface area contributed by atoms with Crippen molar-refractivity contribution in [2.24, 2.45) is 5.92 Å². The minimum Gasteiger partial charge on any atom is -0.345 e. The third-order valence-electron chi connectivity index (χ3n) is 4.56. The Labute approximate surface area is 160 Å². The molecule has 0 radical (unpaired) electrons. The average Bonchev–Trinajstić information content (AvgIpc) is 3.11. The molecule has 0 aromatic carbocycles. The van der Waals surface area contributed by atoms with E-state index in [1.165, 1.54) is 18.0 Å². The predicted octanol–water partition coefficient (Wildman–Crippen LogP) is 2.12. The van der Waals surface area contributed by atoms with Gasteiger partial charge >= 0.3 is 0 Å². The predicted molar refractivity (Wildman–Crippen MR) is 103 cm³/mol. The van der Waals surface area contributed by atoms with E-state index in [0.717, 1.165) is 63.1 Å². The van der Waals surface area contributed by atoms with Crippen LogP contribution in [0, 0.1) is 12.8 Å². The Morgan fingerprint density at radius 1 is 1.29 bits per heavy atom. The van der Waals surface area contributed by atoms with Crippen LogP contribution >= 0.6 is 36.3 Å². The maximum absolute atomic E-state index is 12.4. The number of aryl methyl sites for hydroxylation is 1. The molecule has 2 aliphatic heterocycles. The van der Waals surface area contributed by atoms with Crippen LogP contribution in [0.2, 0.25) is 0 Å². The summed E-state index contributed by atoms with van der Waals surface area (Å²) in [7, 11) is 0. The number of hydrogen-bond acceptors (Lipinski definition) is 6. The number of aromatic nitrogens is 2. The van der Waals surface area contributed by atoms with E-state index in [4.69, 9.17) is 0 Å². The third kappa shape index (κ3) is 5.72. The summed E-state index contributed by atoms with van der Waals surface area (Å²) in [4.78, 5) is 21.2. The summed E-state index contributed by atoms with van der Waals surface area (Å²) in [6.07, 6.45) is 3.96. The zero-order valence-electron chi connectivity index (χ0n) is 14.1. The highest BCUT2D eigenvalue weighted by Crippen LogP contribution is 2.20. The highest BCUT2D eigenvalue weighted by atomic mass is 35.5. The summed E-state index contributed by atoms with van der Waals surface area (Å²) in [5.41, 5.74) is 0. The van der Waals surface area contributed by atoms with Gasteiger partial charge in [-0.05, 0) is 45.2 Å². The summed E-state index contributed by atoms with van der Waals surface area (Å²) >= 11 is 1.46. The van der Waals surface area contributed by atoms with Gasteiger partial charge in [-0.2, -0.15) is 4.37 Å². The van der Waals surface area contributed by atoms with Crippen LogP contribution in [0.5, 0.6) is 0 Å². The van der Waals surface area contributed by atoms with Crippen molar-refractivity contribution in [2.45, 2.75) is 32.6 Å². The number of hydrogen-bond donors (Lipinski definition) is 1. The van der Waals surface area contributed by atoms with Crippen LogP contribution in [-0.2, 0) is 4.79 Å². The molecule has 2 aliphatic rings. The molecule has 1 atom stereocenters. The van der Waals surface area contributed by atoms with E-state index in [0.29, 0.717) is 18.2 Å². The molecule has 1 amide bonds. The standard InChI is InChI=1S/C15H25N5OS.2ClH/c1-12-17-15(22-18-12)20-8-2-7-19(9-10-20)14(21)4-3-13-5-6-16-11-13;;/h13,16H,2-11H2,1H3;2*1H. The molecule has 3 heterocycles. The van der Waals surface area contributed by atoms with Gasteiger partial charge in [0.05, 0.1) is 0 Å². The second-order valence-electron chi connectivity index (χ2n) is 6.24. The molecule has 0 bridgehead atoms. The molecule has 24 heavy (non-hydrogen) atoms. The topological polar surface area (TPSA) is 61.4 Å². The highest BCUT2D eigenvalue weighted by molar-refractivity contribution is 7.09. The van der Waals surface area contributed by atoms with Crippen molar-refractivity contribution in [3.63, 3.8) is 0 Å². The molecule has 2 saturated heterocycles. The van der Waals surface area contributed by atoms with Gasteiger partial charge in [0.25, 0.3) is 0 Å². The maximum atomic E-state index is 12.4. The summed E-state index contributed by atoms with van der Waals surface area (Å²) in [5, 5.41) is 4.36. The van der Waals surface area contributed by atoms with E-state index >= 15 is 0 Å². The van der Waals surface area contributed by atoms with Crippen molar-refractivity contribution < 1.29 is 4.79 Å². The van der Waals surface area contributed by atoms with Crippen LogP contribution in [-0.4, -0.2) is 59.4 Å². The number of nitrogens with one attached hydrogen (secondary N) is 1. The average molecular weight is 396 g/mol. The maximum Gasteiger partial charge on any atom is 0.222 e. The lowest BCUT2D eigenvalue weighted by atomic mass is 10.0. The molecule has 9 heteroatoms. The molecule has 0 saturated carbocycles. The van der Waals surface area contributed by atoms with Crippen molar-refractivity contribution in [3.8, 4) is 0 Å². The van der Waals surface area contributed by atoms with E-state index in [1.807, 2.05) is 11.8 Å². The van der Waals surface area contributed by atoms with Gasteiger partial charge in [-0.25, -0.2) is 4.98 Å². The first-order chi connectivity index (χ1) is 10.7. The third-order valence-corrected chi connectivity index (χ3v) is 5.43. The number of carbonyl (C=O) groups is 1. The molecule has 138 valence electrons. The molecule has 0 aliphatic carbocycles. The lowest BCUT2D eigenvalue weighted by Gasteiger charge is -2.22. The van der Waals surface area contributed by atoms with Crippen LogP contribution in [0.15, 0.2) is 0 Å². The van der Waals surface area contributed by atoms with Crippen molar-refractivity contribution in [2.75, 3.05) is 44.2 Å². The van der Waals surface area contributed by atoms with E-state index in [9.17, 15) is 4.79 Å². The van der Waals surface area contributed by atoms with Crippen molar-refractivity contribution >= 4 is 47.4 Å². The summed E-state index contributed by atoms with van der Waals surface area (Å²) in [5.74, 6) is 1.85. The monoisotopic (exact) mass is 395 g/mol. The molecule has 1 unspecified atom stereocenters. The van der Waals surface area contributed by atoms with Gasteiger partial charge in [-0.1, -0.05) is 0 Å². The molecule has 1 aromatic rings. The van der Waals surface area contributed by atoms with Gasteiger partial charge in [0, 0.05) is 44.1 Å². The molecule has 3 rings (SSSR count). The molecule has 0 spiro atoms. The lowest BCUT2D eigenvalue weighted by molar-refractivity contribution is -0.131. The fourth-order valence-electron chi connectivity index (χ4n) is 3.22. The quantitative estimate of drug-likeness (QED) is 0.845. The SMILES string of the molecule is Cc1nsc(N2CCCN(C(=O)CCC3CCNC3)CC2)n1.Cl.Cl. The first-order valence-corrected chi connectivity index (χ1v) is 9.03. The first-order valence-electron chi connectivity index (χ1n) is 8.26. The molecular formula is C15H27Cl2N5OS. The minimum atomic E-state index is 0. The normalized spacial score (nSPS) is 21.0. The van der Waals surface area contributed by atoms with Crippen LogP contribution in [0.3, 0.4) is 0 Å². The smallest absolute Gasteiger partial charge is 0.222 e. The Morgan fingerprint density at radius 3 is 2.79 bits per heavy atom. The van der Waals surface area contributed by atoms with Crippen LogP contribution in [0.1, 0.15) is 31.5 Å². The highest BCUT2D eigenvalue weighted by Gasteiger charge is 2.22. The van der Waals surface area contributed by atoms with Crippen molar-refractivity contribution in [1.82, 2.24) is 19.6 Å². The Balaban J connectivity index is 0.00000144. The van der Waals surface area contributed by atoms with E-state index in [2.05, 4.69) is 19.6 Å². The van der Waals surface area contributed by atoms with Crippen LogP contribution in [0.25, 0.3) is 0 Å². The van der Waals surface area contributed by atoms with Gasteiger partial charge in [0.15, 0.2) is 0 Å². The molecule has 1 N–H and O–H groups in total. The second kappa shape index (κ2) is 10.4. The van der Waals surface area contributed by atoms with Gasteiger partial charge < -0.3 is 15.1 Å². The summed E-state index contributed by atoms with van der Waals surface area (Å²) < 4.78 is 4.25. The number of halogens is 2. The van der Waals surface area contributed by atoms with Gasteiger partial charge in [-0.3, -0.25) is 4.79 Å². The Kier molecular flexibility index (Phi) is 9.26. The van der Waals surface area contributed by atoms with Crippen LogP contribution in [0.4, 0.5) is 5.13 Å². The minimum absolute atomic E-state index is 0. The van der Waals surface area contributed by atoms with Gasteiger partial charge in [-0.15, -0.1) is 24.8 Å². The fraction of sp³-hybridized carbons (Fsp3) is 0.800. The second-order valence-corrected chi connectivity index (χ2v) is 6.97. The zero-order chi connectivity index (χ0) is 15.4. The van der Waals surface area contributed by atoms with E-state index < -0.39 is 0 Å². The molecule has 2 fully saturated rings. The van der Waals surface area contributed by atoms with Crippen molar-refractivity contribution in [1.29, 1.82) is 0 Å².